The number of nitrogens with one attached hydrogen (secondary N) is 1. The summed E-state index contributed by atoms with van der Waals surface area (Å²) < 4.78 is 5.61. The number of rotatable bonds is 6. The molecule has 0 spiro atoms. The zero-order valence-corrected chi connectivity index (χ0v) is 13.4. The molecule has 116 valence electrons. The normalized spacial score (nSPS) is 11.8. The van der Waals surface area contributed by atoms with Crippen LogP contribution in [0.4, 0.5) is 0 Å². The van der Waals surface area contributed by atoms with E-state index in [2.05, 4.69) is 24.4 Å². The Balaban J connectivity index is 1.80. The second-order valence-electron chi connectivity index (χ2n) is 5.67. The molecule has 3 heteroatoms. The van der Waals surface area contributed by atoms with Gasteiger partial charge < -0.3 is 10.1 Å². The van der Waals surface area contributed by atoms with Gasteiger partial charge >= 0.3 is 0 Å². The van der Waals surface area contributed by atoms with Gasteiger partial charge in [0.2, 0.25) is 0 Å². The molecule has 0 bridgehead atoms. The topological polar surface area (TPSA) is 38.3 Å². The standard InChI is InChI=1S/C19H23NO2/c1-14-9-10-15(2)18(11-14)22-13-19(21)20-12-16(3)17-7-5-4-6-8-17/h4-11,16H,12-13H2,1-3H3,(H,20,21). The van der Waals surface area contributed by atoms with E-state index in [9.17, 15) is 4.79 Å². The predicted molar refractivity (Wildman–Crippen MR) is 89.3 cm³/mol. The molecule has 0 aliphatic carbocycles. The molecule has 0 aliphatic heterocycles. The smallest absolute Gasteiger partial charge is 0.257 e. The van der Waals surface area contributed by atoms with Crippen LogP contribution in [0.3, 0.4) is 0 Å². The highest BCUT2D eigenvalue weighted by Crippen LogP contribution is 2.19. The molecule has 0 saturated carbocycles. The summed E-state index contributed by atoms with van der Waals surface area (Å²) in [6.45, 7) is 6.74. The summed E-state index contributed by atoms with van der Waals surface area (Å²) in [6.07, 6.45) is 0. The quantitative estimate of drug-likeness (QED) is 0.884. The monoisotopic (exact) mass is 297 g/mol. The average molecular weight is 297 g/mol. The Labute approximate surface area is 132 Å². The number of carbonyl (C=O) groups excluding carboxylic acids is 1. The van der Waals surface area contributed by atoms with Crippen LogP contribution in [-0.2, 0) is 4.79 Å². The molecule has 1 unspecified atom stereocenters. The van der Waals surface area contributed by atoms with Crippen LogP contribution in [0.25, 0.3) is 0 Å². The average Bonchev–Trinajstić information content (AvgIpc) is 2.54. The van der Waals surface area contributed by atoms with E-state index in [0.29, 0.717) is 6.54 Å². The number of amides is 1. The first-order chi connectivity index (χ1) is 10.6. The molecular weight excluding hydrogens is 274 g/mol. The molecular formula is C19H23NO2. The van der Waals surface area contributed by atoms with Crippen molar-refractivity contribution in [2.45, 2.75) is 26.7 Å². The molecule has 2 rings (SSSR count). The summed E-state index contributed by atoms with van der Waals surface area (Å²) >= 11 is 0. The number of hydrogen-bond acceptors (Lipinski definition) is 2. The molecule has 2 aromatic carbocycles. The second kappa shape index (κ2) is 7.64. The number of benzene rings is 2. The van der Waals surface area contributed by atoms with E-state index in [1.807, 2.05) is 50.2 Å². The van der Waals surface area contributed by atoms with Gasteiger partial charge in [0.1, 0.15) is 5.75 Å². The van der Waals surface area contributed by atoms with Gasteiger partial charge in [-0.2, -0.15) is 0 Å². The minimum Gasteiger partial charge on any atom is -0.483 e. The minimum atomic E-state index is -0.0938. The minimum absolute atomic E-state index is 0.0474. The number of ether oxygens (including phenoxy) is 1. The molecule has 0 radical (unpaired) electrons. The van der Waals surface area contributed by atoms with Crippen molar-refractivity contribution >= 4 is 5.91 Å². The van der Waals surface area contributed by atoms with E-state index in [1.165, 1.54) is 5.56 Å². The van der Waals surface area contributed by atoms with Gasteiger partial charge in [-0.15, -0.1) is 0 Å². The van der Waals surface area contributed by atoms with Crippen molar-refractivity contribution in [2.75, 3.05) is 13.2 Å². The van der Waals surface area contributed by atoms with Gasteiger partial charge in [-0.3, -0.25) is 4.79 Å². The van der Waals surface area contributed by atoms with Crippen molar-refractivity contribution < 1.29 is 9.53 Å². The van der Waals surface area contributed by atoms with Crippen molar-refractivity contribution in [3.8, 4) is 5.75 Å². The molecule has 0 aromatic heterocycles. The summed E-state index contributed by atoms with van der Waals surface area (Å²) in [7, 11) is 0. The van der Waals surface area contributed by atoms with Crippen molar-refractivity contribution in [1.82, 2.24) is 5.32 Å². The second-order valence-corrected chi connectivity index (χ2v) is 5.67. The van der Waals surface area contributed by atoms with Gasteiger partial charge in [-0.1, -0.05) is 49.4 Å². The molecule has 1 N–H and O–H groups in total. The van der Waals surface area contributed by atoms with Crippen LogP contribution >= 0.6 is 0 Å². The molecule has 0 heterocycles. The molecule has 0 fully saturated rings. The summed E-state index contributed by atoms with van der Waals surface area (Å²) in [6, 6.07) is 16.1. The fourth-order valence-corrected chi connectivity index (χ4v) is 2.22. The Kier molecular flexibility index (Phi) is 5.59. The van der Waals surface area contributed by atoms with Crippen LogP contribution in [0.1, 0.15) is 29.5 Å². The molecule has 2 aromatic rings. The lowest BCUT2D eigenvalue weighted by atomic mass is 10.0. The maximum atomic E-state index is 11.9. The SMILES string of the molecule is Cc1ccc(C)c(OCC(=O)NCC(C)c2ccccc2)c1. The summed E-state index contributed by atoms with van der Waals surface area (Å²) in [5.74, 6) is 0.959. The van der Waals surface area contributed by atoms with Crippen molar-refractivity contribution in [1.29, 1.82) is 0 Å². The first kappa shape index (κ1) is 16.1. The Morgan fingerprint density at radius 1 is 1.14 bits per heavy atom. The number of carbonyl (C=O) groups is 1. The fourth-order valence-electron chi connectivity index (χ4n) is 2.22. The highest BCUT2D eigenvalue weighted by molar-refractivity contribution is 5.77. The van der Waals surface area contributed by atoms with Crippen molar-refractivity contribution in [2.24, 2.45) is 0 Å². The van der Waals surface area contributed by atoms with Crippen molar-refractivity contribution in [3.05, 3.63) is 65.2 Å². The predicted octanol–water partition coefficient (Wildman–Crippen LogP) is 3.60. The lowest BCUT2D eigenvalue weighted by molar-refractivity contribution is -0.123. The largest absolute Gasteiger partial charge is 0.483 e. The Morgan fingerprint density at radius 3 is 2.59 bits per heavy atom. The third kappa shape index (κ3) is 4.62. The molecule has 3 nitrogen and oxygen atoms in total. The molecule has 22 heavy (non-hydrogen) atoms. The van der Waals surface area contributed by atoms with Gasteiger partial charge in [0.05, 0.1) is 0 Å². The summed E-state index contributed by atoms with van der Waals surface area (Å²) in [4.78, 5) is 11.9. The lowest BCUT2D eigenvalue weighted by Gasteiger charge is -2.14. The molecule has 0 aliphatic rings. The number of hydrogen-bond donors (Lipinski definition) is 1. The first-order valence-electron chi connectivity index (χ1n) is 7.58. The van der Waals surface area contributed by atoms with Crippen LogP contribution in [0.15, 0.2) is 48.5 Å². The summed E-state index contributed by atoms with van der Waals surface area (Å²) in [5, 5.41) is 2.92. The molecule has 1 atom stereocenters. The van der Waals surface area contributed by atoms with Crippen LogP contribution in [-0.4, -0.2) is 19.1 Å². The van der Waals surface area contributed by atoms with Gasteiger partial charge in [-0.25, -0.2) is 0 Å². The van der Waals surface area contributed by atoms with Crippen LogP contribution < -0.4 is 10.1 Å². The third-order valence-electron chi connectivity index (χ3n) is 3.68. The Hall–Kier alpha value is -2.29. The Morgan fingerprint density at radius 2 is 1.86 bits per heavy atom. The van der Waals surface area contributed by atoms with Crippen LogP contribution in [0.2, 0.25) is 0 Å². The van der Waals surface area contributed by atoms with Crippen LogP contribution in [0.5, 0.6) is 5.75 Å². The van der Waals surface area contributed by atoms with E-state index < -0.39 is 0 Å². The number of aryl methyl sites for hydroxylation is 2. The highest BCUT2D eigenvalue weighted by atomic mass is 16.5. The highest BCUT2D eigenvalue weighted by Gasteiger charge is 2.09. The van der Waals surface area contributed by atoms with E-state index >= 15 is 0 Å². The van der Waals surface area contributed by atoms with Gasteiger partial charge in [0, 0.05) is 6.54 Å². The van der Waals surface area contributed by atoms with Gasteiger partial charge in [0.15, 0.2) is 6.61 Å². The zero-order chi connectivity index (χ0) is 15.9. The Bertz CT molecular complexity index is 623. The molecule has 0 saturated heterocycles. The van der Waals surface area contributed by atoms with E-state index in [-0.39, 0.29) is 18.4 Å². The van der Waals surface area contributed by atoms with E-state index in [1.54, 1.807) is 0 Å². The zero-order valence-electron chi connectivity index (χ0n) is 13.4. The van der Waals surface area contributed by atoms with E-state index in [0.717, 1.165) is 16.9 Å². The van der Waals surface area contributed by atoms with Crippen LogP contribution in [0, 0.1) is 13.8 Å². The third-order valence-corrected chi connectivity index (χ3v) is 3.68. The maximum absolute atomic E-state index is 11.9. The lowest BCUT2D eigenvalue weighted by Crippen LogP contribution is -2.31. The molecule has 1 amide bonds. The fraction of sp³-hybridized carbons (Fsp3) is 0.316. The van der Waals surface area contributed by atoms with E-state index in [4.69, 9.17) is 4.74 Å². The van der Waals surface area contributed by atoms with Gasteiger partial charge in [0.25, 0.3) is 5.91 Å². The van der Waals surface area contributed by atoms with Gasteiger partial charge in [-0.05, 0) is 42.5 Å². The first-order valence-corrected chi connectivity index (χ1v) is 7.58. The van der Waals surface area contributed by atoms with Crippen molar-refractivity contribution in [3.63, 3.8) is 0 Å². The summed E-state index contributed by atoms with van der Waals surface area (Å²) in [5.41, 5.74) is 3.38. The maximum Gasteiger partial charge on any atom is 0.257 e.